The molecule has 4 rings (SSSR count). The Labute approximate surface area is 169 Å². The summed E-state index contributed by atoms with van der Waals surface area (Å²) in [7, 11) is 1.84. The summed E-state index contributed by atoms with van der Waals surface area (Å²) >= 11 is 0. The van der Waals surface area contributed by atoms with Crippen molar-refractivity contribution in [2.24, 2.45) is 7.05 Å². The van der Waals surface area contributed by atoms with Crippen LogP contribution in [0.2, 0.25) is 0 Å². The number of carbonyl (C=O) groups excluding carboxylic acids is 1. The van der Waals surface area contributed by atoms with E-state index in [0.717, 1.165) is 22.6 Å². The summed E-state index contributed by atoms with van der Waals surface area (Å²) in [5.74, 6) is 2.07. The lowest BCUT2D eigenvalue weighted by molar-refractivity contribution is -0.116. The minimum absolute atomic E-state index is 0.0101. The number of fused-ring (bicyclic) bond motifs is 1. The normalized spacial score (nSPS) is 15.7. The predicted molar refractivity (Wildman–Crippen MR) is 108 cm³/mol. The van der Waals surface area contributed by atoms with Crippen LogP contribution < -0.4 is 14.8 Å². The van der Waals surface area contributed by atoms with Gasteiger partial charge in [0, 0.05) is 37.3 Å². The summed E-state index contributed by atoms with van der Waals surface area (Å²) in [5, 5.41) is 7.42. The van der Waals surface area contributed by atoms with Gasteiger partial charge in [-0.2, -0.15) is 5.10 Å². The molecule has 2 aromatic heterocycles. The van der Waals surface area contributed by atoms with Crippen molar-refractivity contribution in [2.45, 2.75) is 32.7 Å². The van der Waals surface area contributed by atoms with Crippen LogP contribution in [0.4, 0.5) is 5.82 Å². The maximum atomic E-state index is 12.3. The van der Waals surface area contributed by atoms with E-state index in [1.807, 2.05) is 49.9 Å². The number of aromatic nitrogens is 4. The molecule has 1 unspecified atom stereocenters. The number of hydrogen-bond donors (Lipinski definition) is 1. The molecule has 0 spiro atoms. The first-order chi connectivity index (χ1) is 14.1. The van der Waals surface area contributed by atoms with Gasteiger partial charge in [-0.3, -0.25) is 9.48 Å². The first kappa shape index (κ1) is 19.0. The van der Waals surface area contributed by atoms with Crippen molar-refractivity contribution in [1.82, 2.24) is 19.3 Å². The Morgan fingerprint density at radius 2 is 2.14 bits per heavy atom. The van der Waals surface area contributed by atoms with E-state index in [1.165, 1.54) is 0 Å². The van der Waals surface area contributed by atoms with Gasteiger partial charge in [0.05, 0.1) is 25.2 Å². The number of rotatable bonds is 7. The Morgan fingerprint density at radius 1 is 1.28 bits per heavy atom. The molecule has 1 amide bonds. The Hall–Kier alpha value is -3.29. The van der Waals surface area contributed by atoms with Crippen molar-refractivity contribution in [3.05, 3.63) is 53.7 Å². The maximum Gasteiger partial charge on any atom is 0.226 e. The highest BCUT2D eigenvalue weighted by atomic mass is 16.5. The molecule has 3 aromatic rings. The number of aryl methyl sites for hydroxylation is 2. The van der Waals surface area contributed by atoms with Crippen LogP contribution in [0.5, 0.6) is 11.5 Å². The average molecular weight is 395 g/mol. The summed E-state index contributed by atoms with van der Waals surface area (Å²) in [6, 6.07) is 5.91. The number of ether oxygens (including phenoxy) is 2. The van der Waals surface area contributed by atoms with Crippen LogP contribution in [-0.2, 0) is 18.4 Å². The molecule has 8 heteroatoms. The molecule has 1 aliphatic heterocycles. The number of hydrogen-bond acceptors (Lipinski definition) is 5. The Bertz CT molecular complexity index is 1010. The van der Waals surface area contributed by atoms with Crippen molar-refractivity contribution in [2.75, 3.05) is 18.5 Å². The van der Waals surface area contributed by atoms with Crippen LogP contribution in [0.25, 0.3) is 0 Å². The van der Waals surface area contributed by atoms with E-state index in [2.05, 4.69) is 15.4 Å². The third-order valence-corrected chi connectivity index (χ3v) is 5.10. The van der Waals surface area contributed by atoms with Gasteiger partial charge < -0.3 is 19.4 Å². The predicted octanol–water partition coefficient (Wildman–Crippen LogP) is 2.88. The number of nitrogens with zero attached hydrogens (tertiary/aromatic N) is 4. The summed E-state index contributed by atoms with van der Waals surface area (Å²) in [4.78, 5) is 16.3. The zero-order chi connectivity index (χ0) is 20.4. The van der Waals surface area contributed by atoms with Gasteiger partial charge in [-0.1, -0.05) is 6.07 Å². The van der Waals surface area contributed by atoms with Gasteiger partial charge in [-0.15, -0.1) is 0 Å². The molecule has 29 heavy (non-hydrogen) atoms. The molecule has 0 saturated heterocycles. The second kappa shape index (κ2) is 7.98. The van der Waals surface area contributed by atoms with Crippen molar-refractivity contribution in [3.8, 4) is 11.5 Å². The topological polar surface area (TPSA) is 83.2 Å². The fourth-order valence-electron chi connectivity index (χ4n) is 3.80. The van der Waals surface area contributed by atoms with Gasteiger partial charge in [0.15, 0.2) is 11.5 Å². The van der Waals surface area contributed by atoms with Crippen LogP contribution in [-0.4, -0.2) is 38.5 Å². The summed E-state index contributed by atoms with van der Waals surface area (Å²) < 4.78 is 15.5. The van der Waals surface area contributed by atoms with Crippen LogP contribution in [0.1, 0.15) is 36.1 Å². The third-order valence-electron chi connectivity index (χ3n) is 5.10. The van der Waals surface area contributed by atoms with Crippen molar-refractivity contribution in [1.29, 1.82) is 0 Å². The minimum atomic E-state index is -0.0633. The van der Waals surface area contributed by atoms with Gasteiger partial charge in [-0.25, -0.2) is 4.98 Å². The molecule has 8 nitrogen and oxygen atoms in total. The Balaban J connectivity index is 1.60. The van der Waals surface area contributed by atoms with E-state index in [4.69, 9.17) is 9.47 Å². The molecular weight excluding hydrogens is 370 g/mol. The summed E-state index contributed by atoms with van der Waals surface area (Å²) in [5.41, 5.74) is 3.00. The first-order valence-corrected chi connectivity index (χ1v) is 9.75. The maximum absolute atomic E-state index is 12.3. The Kier molecular flexibility index (Phi) is 5.24. The van der Waals surface area contributed by atoms with Gasteiger partial charge >= 0.3 is 0 Å². The molecule has 3 heterocycles. The molecule has 0 saturated carbocycles. The lowest BCUT2D eigenvalue weighted by Crippen LogP contribution is -2.24. The van der Waals surface area contributed by atoms with E-state index in [1.54, 1.807) is 17.2 Å². The Morgan fingerprint density at radius 3 is 2.90 bits per heavy atom. The molecule has 1 N–H and O–H groups in total. The van der Waals surface area contributed by atoms with E-state index in [-0.39, 0.29) is 11.8 Å². The van der Waals surface area contributed by atoms with Crippen molar-refractivity contribution < 1.29 is 14.3 Å². The highest BCUT2D eigenvalue weighted by molar-refractivity contribution is 5.94. The highest BCUT2D eigenvalue weighted by Crippen LogP contribution is 2.41. The fourth-order valence-corrected chi connectivity index (χ4v) is 3.80. The summed E-state index contributed by atoms with van der Waals surface area (Å²) in [6.45, 7) is 5.66. The standard InChI is InChI=1S/C21H25N5O3/c1-4-28-18-11-15(5-6-17(18)29-10-9-26-8-7-22-13-26)16-12-19(27)23-21-20(16)14(2)24-25(21)3/h5-8,11,13,16H,4,9-10,12H2,1-3H3,(H,23,27). The van der Waals surface area contributed by atoms with Crippen LogP contribution in [0.3, 0.4) is 0 Å². The number of nitrogens with one attached hydrogen (secondary N) is 1. The van der Waals surface area contributed by atoms with E-state index in [9.17, 15) is 4.79 Å². The number of imidazole rings is 1. The number of benzene rings is 1. The fraction of sp³-hybridized carbons (Fsp3) is 0.381. The van der Waals surface area contributed by atoms with Crippen molar-refractivity contribution >= 4 is 11.7 Å². The zero-order valence-corrected chi connectivity index (χ0v) is 16.9. The smallest absolute Gasteiger partial charge is 0.226 e. The lowest BCUT2D eigenvalue weighted by atomic mass is 9.85. The number of carbonyl (C=O) groups is 1. The molecule has 152 valence electrons. The molecule has 0 fully saturated rings. The van der Waals surface area contributed by atoms with Gasteiger partial charge in [0.1, 0.15) is 12.4 Å². The quantitative estimate of drug-likeness (QED) is 0.665. The average Bonchev–Trinajstić information content (AvgIpc) is 3.31. The van der Waals surface area contributed by atoms with Gasteiger partial charge in [0.2, 0.25) is 5.91 Å². The van der Waals surface area contributed by atoms with E-state index in [0.29, 0.717) is 37.7 Å². The molecule has 0 radical (unpaired) electrons. The number of amides is 1. The van der Waals surface area contributed by atoms with Crippen LogP contribution in [0, 0.1) is 6.92 Å². The van der Waals surface area contributed by atoms with Gasteiger partial charge in [0.25, 0.3) is 0 Å². The van der Waals surface area contributed by atoms with Crippen LogP contribution in [0.15, 0.2) is 36.9 Å². The van der Waals surface area contributed by atoms with Crippen molar-refractivity contribution in [3.63, 3.8) is 0 Å². The molecule has 1 aromatic carbocycles. The highest BCUT2D eigenvalue weighted by Gasteiger charge is 2.32. The second-order valence-electron chi connectivity index (χ2n) is 7.06. The van der Waals surface area contributed by atoms with Crippen LogP contribution >= 0.6 is 0 Å². The monoisotopic (exact) mass is 395 g/mol. The first-order valence-electron chi connectivity index (χ1n) is 9.75. The minimum Gasteiger partial charge on any atom is -0.490 e. The SMILES string of the molecule is CCOc1cc(C2CC(=O)Nc3c2c(C)nn3C)ccc1OCCn1ccnc1. The molecule has 0 aliphatic carbocycles. The van der Waals surface area contributed by atoms with E-state index >= 15 is 0 Å². The molecule has 1 aliphatic rings. The molecule has 0 bridgehead atoms. The molecule has 1 atom stereocenters. The van der Waals surface area contributed by atoms with Gasteiger partial charge in [-0.05, 0) is 31.5 Å². The molecular formula is C21H25N5O3. The number of anilines is 1. The largest absolute Gasteiger partial charge is 0.490 e. The summed E-state index contributed by atoms with van der Waals surface area (Å²) in [6.07, 6.45) is 5.79. The zero-order valence-electron chi connectivity index (χ0n) is 16.9. The lowest BCUT2D eigenvalue weighted by Gasteiger charge is -2.25. The second-order valence-corrected chi connectivity index (χ2v) is 7.06. The third kappa shape index (κ3) is 3.83. The van der Waals surface area contributed by atoms with E-state index < -0.39 is 0 Å².